The molecule has 1 heterocycles. The summed E-state index contributed by atoms with van der Waals surface area (Å²) in [5, 5.41) is 6.82. The highest BCUT2D eigenvalue weighted by Crippen LogP contribution is 2.19. The van der Waals surface area contributed by atoms with E-state index in [0.717, 1.165) is 16.3 Å². The molecule has 0 fully saturated rings. The number of hydrogen-bond donors (Lipinski definition) is 1. The molecule has 2 aromatic carbocycles. The van der Waals surface area contributed by atoms with Crippen LogP contribution in [0.15, 0.2) is 64.0 Å². The number of hydrogen-bond acceptors (Lipinski definition) is 6. The van der Waals surface area contributed by atoms with E-state index in [2.05, 4.69) is 15.5 Å². The first-order valence-corrected chi connectivity index (χ1v) is 10.0. The molecule has 0 atom stereocenters. The zero-order valence-electron chi connectivity index (χ0n) is 15.8. The van der Waals surface area contributed by atoms with Crippen molar-refractivity contribution in [3.8, 4) is 5.75 Å². The van der Waals surface area contributed by atoms with Gasteiger partial charge < -0.3 is 19.5 Å². The largest absolute Gasteiger partial charge is 0.484 e. The standard InChI is InChI=1S/C20H22N4O3S/c1-24(20(25)21-15-7-6-10-17(13-15)28-2)12-11-18-22-19(27-23-18)14-26-16-8-4-3-5-9-16/h3-10,13H,11-12,14H2,1-2H3,(H,21,25). The first-order valence-electron chi connectivity index (χ1n) is 8.79. The number of nitrogens with one attached hydrogen (secondary N) is 1. The molecule has 0 bridgehead atoms. The molecule has 146 valence electrons. The highest BCUT2D eigenvalue weighted by molar-refractivity contribution is 7.98. The van der Waals surface area contributed by atoms with Crippen molar-refractivity contribution in [1.29, 1.82) is 0 Å². The number of thioether (sulfide) groups is 1. The van der Waals surface area contributed by atoms with Crippen molar-refractivity contribution in [2.45, 2.75) is 17.9 Å². The van der Waals surface area contributed by atoms with Gasteiger partial charge in [0.15, 0.2) is 12.4 Å². The fraction of sp³-hybridized carbons (Fsp3) is 0.250. The Morgan fingerprint density at radius 2 is 2.04 bits per heavy atom. The SMILES string of the molecule is CSc1cccc(NC(=O)N(C)CCc2noc(COc3ccccc3)n2)c1. The molecule has 7 nitrogen and oxygen atoms in total. The van der Waals surface area contributed by atoms with Crippen molar-refractivity contribution >= 4 is 23.5 Å². The van der Waals surface area contributed by atoms with Gasteiger partial charge in [0.2, 0.25) is 0 Å². The van der Waals surface area contributed by atoms with Crippen LogP contribution in [0.25, 0.3) is 0 Å². The number of aromatic nitrogens is 2. The zero-order chi connectivity index (χ0) is 19.8. The molecular weight excluding hydrogens is 376 g/mol. The fourth-order valence-electron chi connectivity index (χ4n) is 2.40. The third-order valence-corrected chi connectivity index (χ3v) is 4.68. The number of carbonyl (C=O) groups is 1. The normalized spacial score (nSPS) is 10.5. The molecule has 1 aromatic heterocycles. The molecule has 0 saturated heterocycles. The molecule has 0 aliphatic carbocycles. The Balaban J connectivity index is 1.45. The highest BCUT2D eigenvalue weighted by Gasteiger charge is 2.12. The predicted octanol–water partition coefficient (Wildman–Crippen LogP) is 4.08. The molecule has 0 aliphatic rings. The minimum Gasteiger partial charge on any atom is -0.484 e. The van der Waals surface area contributed by atoms with Crippen LogP contribution in [0.4, 0.5) is 10.5 Å². The number of carbonyl (C=O) groups excluding carboxylic acids is 1. The van der Waals surface area contributed by atoms with Crippen LogP contribution in [-0.4, -0.2) is 40.9 Å². The maximum atomic E-state index is 12.3. The van der Waals surface area contributed by atoms with E-state index in [1.807, 2.05) is 60.9 Å². The third-order valence-electron chi connectivity index (χ3n) is 3.95. The van der Waals surface area contributed by atoms with Gasteiger partial charge in [-0.3, -0.25) is 0 Å². The molecule has 0 aliphatic heterocycles. The van der Waals surface area contributed by atoms with Crippen LogP contribution in [-0.2, 0) is 13.0 Å². The lowest BCUT2D eigenvalue weighted by Crippen LogP contribution is -2.33. The van der Waals surface area contributed by atoms with E-state index in [4.69, 9.17) is 9.26 Å². The molecule has 0 spiro atoms. The summed E-state index contributed by atoms with van der Waals surface area (Å²) in [7, 11) is 1.73. The second-order valence-corrected chi connectivity index (χ2v) is 6.92. The molecule has 28 heavy (non-hydrogen) atoms. The maximum Gasteiger partial charge on any atom is 0.321 e. The van der Waals surface area contributed by atoms with Gasteiger partial charge in [0, 0.05) is 30.6 Å². The van der Waals surface area contributed by atoms with Crippen LogP contribution >= 0.6 is 11.8 Å². The van der Waals surface area contributed by atoms with Gasteiger partial charge >= 0.3 is 6.03 Å². The number of urea groups is 1. The first-order chi connectivity index (χ1) is 13.6. The van der Waals surface area contributed by atoms with Gasteiger partial charge in [-0.1, -0.05) is 29.4 Å². The van der Waals surface area contributed by atoms with Crippen LogP contribution < -0.4 is 10.1 Å². The van der Waals surface area contributed by atoms with Crippen LogP contribution in [0, 0.1) is 0 Å². The van der Waals surface area contributed by atoms with Crippen LogP contribution in [0.5, 0.6) is 5.75 Å². The van der Waals surface area contributed by atoms with Gasteiger partial charge in [0.05, 0.1) is 0 Å². The molecule has 2 amide bonds. The lowest BCUT2D eigenvalue weighted by Gasteiger charge is -2.17. The zero-order valence-corrected chi connectivity index (χ0v) is 16.6. The topological polar surface area (TPSA) is 80.5 Å². The van der Waals surface area contributed by atoms with E-state index in [-0.39, 0.29) is 12.6 Å². The van der Waals surface area contributed by atoms with Crippen molar-refractivity contribution in [3.63, 3.8) is 0 Å². The first kappa shape index (κ1) is 19.8. The molecule has 1 N–H and O–H groups in total. The molecule has 0 unspecified atom stereocenters. The quantitative estimate of drug-likeness (QED) is 0.576. The summed E-state index contributed by atoms with van der Waals surface area (Å²) < 4.78 is 10.8. The van der Waals surface area contributed by atoms with E-state index < -0.39 is 0 Å². The van der Waals surface area contributed by atoms with E-state index >= 15 is 0 Å². The number of para-hydroxylation sites is 1. The van der Waals surface area contributed by atoms with Gasteiger partial charge in [-0.2, -0.15) is 4.98 Å². The van der Waals surface area contributed by atoms with E-state index in [0.29, 0.717) is 24.7 Å². The second-order valence-electron chi connectivity index (χ2n) is 6.04. The summed E-state index contributed by atoms with van der Waals surface area (Å²) in [6, 6.07) is 17.0. The number of ether oxygens (including phenoxy) is 1. The number of nitrogens with zero attached hydrogens (tertiary/aromatic N) is 3. The van der Waals surface area contributed by atoms with Crippen molar-refractivity contribution < 1.29 is 14.1 Å². The Hall–Kier alpha value is -3.00. The number of amides is 2. The molecule has 3 rings (SSSR count). The lowest BCUT2D eigenvalue weighted by atomic mass is 10.3. The Morgan fingerprint density at radius 1 is 1.21 bits per heavy atom. The van der Waals surface area contributed by atoms with Crippen molar-refractivity contribution in [3.05, 3.63) is 66.3 Å². The average molecular weight is 398 g/mol. The smallest absolute Gasteiger partial charge is 0.321 e. The number of likely N-dealkylation sites (N-methyl/N-ethyl adjacent to an activating group) is 1. The molecule has 0 radical (unpaired) electrons. The highest BCUT2D eigenvalue weighted by atomic mass is 32.2. The summed E-state index contributed by atoms with van der Waals surface area (Å²) in [4.78, 5) is 19.3. The molecule has 8 heteroatoms. The summed E-state index contributed by atoms with van der Waals surface area (Å²) in [5.41, 5.74) is 0.767. The summed E-state index contributed by atoms with van der Waals surface area (Å²) >= 11 is 1.63. The minimum absolute atomic E-state index is 0.186. The maximum absolute atomic E-state index is 12.3. The Kier molecular flexibility index (Phi) is 6.91. The molecular formula is C20H22N4O3S. The van der Waals surface area contributed by atoms with Crippen molar-refractivity contribution in [2.75, 3.05) is 25.2 Å². The van der Waals surface area contributed by atoms with E-state index in [1.165, 1.54) is 0 Å². The Morgan fingerprint density at radius 3 is 2.82 bits per heavy atom. The fourth-order valence-corrected chi connectivity index (χ4v) is 2.86. The van der Waals surface area contributed by atoms with E-state index in [9.17, 15) is 4.79 Å². The van der Waals surface area contributed by atoms with Gasteiger partial charge in [0.1, 0.15) is 5.75 Å². The van der Waals surface area contributed by atoms with Gasteiger partial charge in [-0.05, 0) is 36.6 Å². The van der Waals surface area contributed by atoms with Gasteiger partial charge in [-0.25, -0.2) is 4.79 Å². The van der Waals surface area contributed by atoms with Gasteiger partial charge in [0.25, 0.3) is 5.89 Å². The summed E-state index contributed by atoms with van der Waals surface area (Å²) in [5.74, 6) is 1.68. The van der Waals surface area contributed by atoms with Crippen molar-refractivity contribution in [1.82, 2.24) is 15.0 Å². The minimum atomic E-state index is -0.186. The number of anilines is 1. The Bertz CT molecular complexity index is 901. The van der Waals surface area contributed by atoms with Gasteiger partial charge in [-0.15, -0.1) is 11.8 Å². The Labute approximate surface area is 168 Å². The van der Waals surface area contributed by atoms with Crippen LogP contribution in [0.1, 0.15) is 11.7 Å². The second kappa shape index (κ2) is 9.80. The number of benzene rings is 2. The lowest BCUT2D eigenvalue weighted by molar-refractivity contribution is 0.222. The third kappa shape index (κ3) is 5.75. The van der Waals surface area contributed by atoms with E-state index in [1.54, 1.807) is 23.7 Å². The number of rotatable bonds is 8. The summed E-state index contributed by atoms with van der Waals surface area (Å²) in [6.07, 6.45) is 2.49. The average Bonchev–Trinajstić information content (AvgIpc) is 3.19. The monoisotopic (exact) mass is 398 g/mol. The van der Waals surface area contributed by atoms with Crippen LogP contribution in [0.2, 0.25) is 0 Å². The predicted molar refractivity (Wildman–Crippen MR) is 109 cm³/mol. The molecule has 0 saturated carbocycles. The molecule has 3 aromatic rings. The summed E-state index contributed by atoms with van der Waals surface area (Å²) in [6.45, 7) is 0.672. The van der Waals surface area contributed by atoms with Crippen LogP contribution in [0.3, 0.4) is 0 Å². The van der Waals surface area contributed by atoms with Crippen molar-refractivity contribution in [2.24, 2.45) is 0 Å².